The minimum absolute atomic E-state index is 0.0503. The molecule has 316 valence electrons. The average Bonchev–Trinajstić information content (AvgIpc) is 3.46. The smallest absolute Gasteiger partial charge is 0.271 e. The number of imide groups is 2. The molecule has 2 atom stereocenters. The molecule has 1 spiro atoms. The van der Waals surface area contributed by atoms with Crippen LogP contribution in [0.3, 0.4) is 0 Å². The molecule has 1 aromatic heterocycles. The summed E-state index contributed by atoms with van der Waals surface area (Å²) < 4.78 is 23.8. The Hall–Kier alpha value is -5.75. The number of nitrogens with zero attached hydrogens (tertiary/aromatic N) is 5. The van der Waals surface area contributed by atoms with Gasteiger partial charge in [-0.2, -0.15) is 0 Å². The average molecular weight is 840 g/mol. The molecule has 2 aromatic carbocycles. The van der Waals surface area contributed by atoms with Crippen LogP contribution in [0, 0.1) is 11.3 Å². The van der Waals surface area contributed by atoms with Crippen molar-refractivity contribution in [2.24, 2.45) is 17.1 Å². The third-order valence-corrected chi connectivity index (χ3v) is 14.0. The molecule has 4 aliphatic heterocycles. The van der Waals surface area contributed by atoms with Crippen LogP contribution < -0.4 is 26.6 Å². The standard InChI is InChI=1S/C42H49N9O8S/c1-60(58,59)29-7-5-27(6-8-29)45-37-35(36(43)53)44-22-33(47-37)50-18-2-3-28(24-50)46-38(54)26-12-14-42(15-13-26)16-19-49(20-17-42)23-25-4-9-30-31(21-25)41(57)51(40(30)56)32-10-11-34(52)48-39(32)55/h4-9,21-22,26,28,32H,2-3,10-20,23-24H2,1H3,(H2,43,53)(H,45,47)(H,46,54)(H,48,52,55)/t28-,32?/m1/s1. The number of rotatable bonds is 10. The number of carbonyl (C=O) groups excluding carboxylic acids is 6. The predicted octanol–water partition coefficient (Wildman–Crippen LogP) is 2.68. The molecular formula is C42H49N9O8S. The van der Waals surface area contributed by atoms with E-state index in [-0.39, 0.29) is 58.1 Å². The lowest BCUT2D eigenvalue weighted by atomic mass is 9.65. The number of anilines is 3. The van der Waals surface area contributed by atoms with E-state index in [1.807, 2.05) is 11.0 Å². The zero-order chi connectivity index (χ0) is 42.3. The summed E-state index contributed by atoms with van der Waals surface area (Å²) in [6.45, 7) is 3.62. The number of fused-ring (bicyclic) bond motifs is 1. The number of hydrogen-bond donors (Lipinski definition) is 4. The number of nitrogens with two attached hydrogens (primary N) is 1. The second-order valence-electron chi connectivity index (χ2n) is 16.9. The number of primary amides is 1. The number of hydrogen-bond acceptors (Lipinski definition) is 13. The summed E-state index contributed by atoms with van der Waals surface area (Å²) in [5.74, 6) is -2.11. The molecule has 4 fully saturated rings. The number of aromatic nitrogens is 2. The van der Waals surface area contributed by atoms with Gasteiger partial charge in [0.1, 0.15) is 11.9 Å². The lowest BCUT2D eigenvalue weighted by Gasteiger charge is -2.46. The summed E-state index contributed by atoms with van der Waals surface area (Å²) in [5, 5.41) is 8.59. The van der Waals surface area contributed by atoms with E-state index in [2.05, 4.69) is 30.8 Å². The molecule has 1 unspecified atom stereocenters. The highest BCUT2D eigenvalue weighted by molar-refractivity contribution is 7.90. The summed E-state index contributed by atoms with van der Waals surface area (Å²) in [6, 6.07) is 10.3. The van der Waals surface area contributed by atoms with Gasteiger partial charge >= 0.3 is 0 Å². The maximum Gasteiger partial charge on any atom is 0.271 e. The van der Waals surface area contributed by atoms with Gasteiger partial charge in [0.05, 0.1) is 22.2 Å². The van der Waals surface area contributed by atoms with Gasteiger partial charge in [-0.3, -0.25) is 43.9 Å². The van der Waals surface area contributed by atoms with Crippen LogP contribution >= 0.6 is 0 Å². The van der Waals surface area contributed by atoms with Crippen molar-refractivity contribution >= 4 is 62.6 Å². The van der Waals surface area contributed by atoms with Crippen LogP contribution in [0.5, 0.6) is 0 Å². The largest absolute Gasteiger partial charge is 0.364 e. The molecular weight excluding hydrogens is 791 g/mol. The van der Waals surface area contributed by atoms with Crippen LogP contribution in [0.25, 0.3) is 0 Å². The van der Waals surface area contributed by atoms with E-state index in [1.165, 1.54) is 18.3 Å². The predicted molar refractivity (Wildman–Crippen MR) is 219 cm³/mol. The zero-order valence-electron chi connectivity index (χ0n) is 33.4. The molecule has 18 heteroatoms. The summed E-state index contributed by atoms with van der Waals surface area (Å²) in [7, 11) is -3.38. The Morgan fingerprint density at radius 2 is 1.63 bits per heavy atom. The summed E-state index contributed by atoms with van der Waals surface area (Å²) in [4.78, 5) is 90.9. The highest BCUT2D eigenvalue weighted by atomic mass is 32.2. The van der Waals surface area contributed by atoms with Crippen LogP contribution in [0.1, 0.15) is 101 Å². The third-order valence-electron chi connectivity index (χ3n) is 12.9. The molecule has 0 bridgehead atoms. The molecule has 5 N–H and O–H groups in total. The first kappa shape index (κ1) is 41.0. The molecule has 5 heterocycles. The molecule has 17 nitrogen and oxygen atoms in total. The van der Waals surface area contributed by atoms with Gasteiger partial charge in [-0.25, -0.2) is 18.4 Å². The first-order valence-corrected chi connectivity index (χ1v) is 22.4. The zero-order valence-corrected chi connectivity index (χ0v) is 34.3. The Balaban J connectivity index is 0.817. The van der Waals surface area contributed by atoms with Crippen molar-refractivity contribution in [3.63, 3.8) is 0 Å². The summed E-state index contributed by atoms with van der Waals surface area (Å²) in [5.41, 5.74) is 7.74. The second kappa shape index (κ2) is 16.4. The molecule has 60 heavy (non-hydrogen) atoms. The molecule has 8 rings (SSSR count). The molecule has 3 saturated heterocycles. The number of nitrogens with one attached hydrogen (secondary N) is 3. The normalized spacial score (nSPS) is 22.4. The number of benzene rings is 2. The Morgan fingerprint density at radius 1 is 0.917 bits per heavy atom. The van der Waals surface area contributed by atoms with Crippen LogP contribution in [-0.4, -0.2) is 108 Å². The Bertz CT molecular complexity index is 2350. The highest BCUT2D eigenvalue weighted by Crippen LogP contribution is 2.46. The van der Waals surface area contributed by atoms with Crippen molar-refractivity contribution in [3.05, 3.63) is 71.0 Å². The van der Waals surface area contributed by atoms with Gasteiger partial charge in [-0.15, -0.1) is 0 Å². The highest BCUT2D eigenvalue weighted by Gasteiger charge is 2.45. The van der Waals surface area contributed by atoms with Crippen molar-refractivity contribution in [3.8, 4) is 0 Å². The van der Waals surface area contributed by atoms with E-state index in [9.17, 15) is 37.2 Å². The van der Waals surface area contributed by atoms with E-state index in [1.54, 1.807) is 24.3 Å². The molecule has 3 aromatic rings. The lowest BCUT2D eigenvalue weighted by Crippen LogP contribution is -2.54. The maximum absolute atomic E-state index is 13.6. The topological polar surface area (TPSA) is 234 Å². The van der Waals surface area contributed by atoms with Crippen LogP contribution in [-0.2, 0) is 30.8 Å². The Kier molecular flexibility index (Phi) is 11.2. The van der Waals surface area contributed by atoms with Crippen molar-refractivity contribution in [2.45, 2.75) is 87.7 Å². The summed E-state index contributed by atoms with van der Waals surface area (Å²) in [6.07, 6.45) is 10.1. The van der Waals surface area contributed by atoms with Gasteiger partial charge in [0.15, 0.2) is 21.3 Å². The van der Waals surface area contributed by atoms with Crippen molar-refractivity contribution in [1.29, 1.82) is 0 Å². The van der Waals surface area contributed by atoms with Gasteiger partial charge in [0.2, 0.25) is 17.7 Å². The van der Waals surface area contributed by atoms with E-state index in [0.717, 1.165) is 81.2 Å². The van der Waals surface area contributed by atoms with Crippen molar-refractivity contribution < 1.29 is 37.2 Å². The first-order chi connectivity index (χ1) is 28.7. The molecule has 0 radical (unpaired) electrons. The third kappa shape index (κ3) is 8.48. The minimum Gasteiger partial charge on any atom is -0.364 e. The van der Waals surface area contributed by atoms with Gasteiger partial charge in [-0.1, -0.05) is 6.07 Å². The van der Waals surface area contributed by atoms with Crippen LogP contribution in [0.2, 0.25) is 0 Å². The minimum atomic E-state index is -3.38. The fourth-order valence-electron chi connectivity index (χ4n) is 9.40. The number of piperidine rings is 3. The second-order valence-corrected chi connectivity index (χ2v) is 18.9. The number of amides is 6. The van der Waals surface area contributed by atoms with E-state index in [0.29, 0.717) is 36.7 Å². The van der Waals surface area contributed by atoms with Crippen LogP contribution in [0.15, 0.2) is 53.6 Å². The number of sulfone groups is 1. The number of likely N-dealkylation sites (tertiary alicyclic amines) is 1. The quantitative estimate of drug-likeness (QED) is 0.215. The van der Waals surface area contributed by atoms with E-state index in [4.69, 9.17) is 5.73 Å². The van der Waals surface area contributed by atoms with Gasteiger partial charge in [0.25, 0.3) is 17.7 Å². The number of carbonyl (C=O) groups is 6. The molecule has 1 saturated carbocycles. The SMILES string of the molecule is CS(=O)(=O)c1ccc(Nc2nc(N3CCC[C@@H](NC(=O)C4CCC5(CC4)CCN(Cc4ccc6c(c4)C(=O)N(C4CCC(=O)NC4=O)C6=O)CC5)C3)cnc2C(N)=O)cc1. The maximum atomic E-state index is 13.6. The van der Waals surface area contributed by atoms with Crippen molar-refractivity contribution in [1.82, 2.24) is 30.4 Å². The molecule has 1 aliphatic carbocycles. The van der Waals surface area contributed by atoms with Gasteiger partial charge < -0.3 is 21.3 Å². The molecule has 5 aliphatic rings. The van der Waals surface area contributed by atoms with Gasteiger partial charge in [-0.05, 0) is 118 Å². The van der Waals surface area contributed by atoms with Crippen LogP contribution in [0.4, 0.5) is 17.3 Å². The summed E-state index contributed by atoms with van der Waals surface area (Å²) >= 11 is 0. The van der Waals surface area contributed by atoms with E-state index < -0.39 is 45.4 Å². The van der Waals surface area contributed by atoms with Crippen molar-refractivity contribution in [2.75, 3.05) is 42.7 Å². The van der Waals surface area contributed by atoms with Gasteiger partial charge in [0, 0.05) is 50.0 Å². The molecule has 6 amide bonds. The lowest BCUT2D eigenvalue weighted by molar-refractivity contribution is -0.136. The fraction of sp³-hybridized carbons (Fsp3) is 0.476. The first-order valence-electron chi connectivity index (χ1n) is 20.5. The Labute approximate surface area is 347 Å². The fourth-order valence-corrected chi connectivity index (χ4v) is 10.0. The van der Waals surface area contributed by atoms with E-state index >= 15 is 0 Å². The monoisotopic (exact) mass is 839 g/mol. The Morgan fingerprint density at radius 3 is 2.32 bits per heavy atom.